The molecule has 0 unspecified atom stereocenters. The van der Waals surface area contributed by atoms with E-state index >= 15 is 0 Å². The Morgan fingerprint density at radius 3 is 2.23 bits per heavy atom. The Morgan fingerprint density at radius 2 is 1.68 bits per heavy atom. The van der Waals surface area contributed by atoms with Crippen LogP contribution in [0.25, 0.3) is 0 Å². The van der Waals surface area contributed by atoms with Crippen LogP contribution >= 0.6 is 0 Å². The summed E-state index contributed by atoms with van der Waals surface area (Å²) in [5.41, 5.74) is 0. The van der Waals surface area contributed by atoms with Crippen molar-refractivity contribution >= 4 is 5.91 Å². The summed E-state index contributed by atoms with van der Waals surface area (Å²) in [6.45, 7) is 10.5. The first kappa shape index (κ1) is 16.3. The van der Waals surface area contributed by atoms with Gasteiger partial charge in [-0.15, -0.1) is 0 Å². The van der Waals surface area contributed by atoms with Gasteiger partial charge in [0.1, 0.15) is 0 Å². The van der Waals surface area contributed by atoms with E-state index in [1.807, 2.05) is 0 Å². The summed E-state index contributed by atoms with van der Waals surface area (Å²) in [5, 5.41) is 0. The van der Waals surface area contributed by atoms with Crippen LogP contribution in [0.3, 0.4) is 0 Å². The monoisotopic (exact) mass is 307 g/mol. The van der Waals surface area contributed by atoms with E-state index in [2.05, 4.69) is 28.5 Å². The third kappa shape index (κ3) is 4.23. The number of amides is 1. The molecule has 3 fully saturated rings. The zero-order chi connectivity index (χ0) is 15.5. The van der Waals surface area contributed by atoms with Crippen molar-refractivity contribution in [2.24, 2.45) is 5.92 Å². The van der Waals surface area contributed by atoms with Gasteiger partial charge in [0.25, 0.3) is 0 Å². The van der Waals surface area contributed by atoms with Gasteiger partial charge in [0, 0.05) is 44.8 Å². The highest BCUT2D eigenvalue weighted by Crippen LogP contribution is 2.28. The molecule has 1 heterocycles. The molecule has 1 amide bonds. The van der Waals surface area contributed by atoms with Crippen LogP contribution in [-0.2, 0) is 4.79 Å². The minimum absolute atomic E-state index is 0.366. The van der Waals surface area contributed by atoms with E-state index in [0.717, 1.165) is 38.8 Å². The molecule has 0 radical (unpaired) electrons. The van der Waals surface area contributed by atoms with Gasteiger partial charge >= 0.3 is 0 Å². The number of piperazine rings is 1. The molecule has 0 aromatic heterocycles. The predicted octanol–water partition coefficient (Wildman–Crippen LogP) is 2.19. The Bertz CT molecular complexity index is 367. The summed E-state index contributed by atoms with van der Waals surface area (Å²) in [7, 11) is 0. The van der Waals surface area contributed by atoms with Crippen molar-refractivity contribution in [1.29, 1.82) is 0 Å². The number of hydrogen-bond acceptors (Lipinski definition) is 3. The van der Waals surface area contributed by atoms with E-state index in [1.165, 1.54) is 38.5 Å². The average molecular weight is 307 g/mol. The molecule has 0 bridgehead atoms. The average Bonchev–Trinajstić information content (AvgIpc) is 3.19. The number of hydrogen-bond donors (Lipinski definition) is 0. The van der Waals surface area contributed by atoms with Gasteiger partial charge < -0.3 is 4.90 Å². The fraction of sp³-hybridized carbons (Fsp3) is 0.944. The zero-order valence-corrected chi connectivity index (χ0v) is 14.5. The summed E-state index contributed by atoms with van der Waals surface area (Å²) in [5.74, 6) is 0.939. The molecule has 4 nitrogen and oxygen atoms in total. The smallest absolute Gasteiger partial charge is 0.237 e. The Morgan fingerprint density at radius 1 is 1.05 bits per heavy atom. The van der Waals surface area contributed by atoms with Crippen LogP contribution in [0, 0.1) is 5.92 Å². The predicted molar refractivity (Wildman–Crippen MR) is 89.8 cm³/mol. The van der Waals surface area contributed by atoms with Crippen molar-refractivity contribution in [3.8, 4) is 0 Å². The Balaban J connectivity index is 1.44. The maximum absolute atomic E-state index is 12.6. The Labute approximate surface area is 135 Å². The second-order valence-corrected chi connectivity index (χ2v) is 7.92. The van der Waals surface area contributed by atoms with Gasteiger partial charge in [-0.05, 0) is 31.6 Å². The minimum atomic E-state index is 0.366. The Kier molecular flexibility index (Phi) is 5.40. The lowest BCUT2D eigenvalue weighted by Gasteiger charge is -2.38. The quantitative estimate of drug-likeness (QED) is 0.752. The van der Waals surface area contributed by atoms with E-state index in [0.29, 0.717) is 24.4 Å². The molecule has 0 N–H and O–H groups in total. The summed E-state index contributed by atoms with van der Waals surface area (Å²) < 4.78 is 0. The normalized spacial score (nSPS) is 25.0. The van der Waals surface area contributed by atoms with Crippen LogP contribution in [0.2, 0.25) is 0 Å². The summed E-state index contributed by atoms with van der Waals surface area (Å²) >= 11 is 0. The topological polar surface area (TPSA) is 26.8 Å². The molecule has 22 heavy (non-hydrogen) atoms. The van der Waals surface area contributed by atoms with Gasteiger partial charge in [-0.25, -0.2) is 0 Å². The standard InChI is InChI=1S/C18H33N3O/c1-15(2)13-21(17-7-8-17)18(22)14-19-9-11-20(12-10-19)16-5-3-4-6-16/h15-17H,3-14H2,1-2H3. The van der Waals surface area contributed by atoms with Gasteiger partial charge in [-0.1, -0.05) is 26.7 Å². The molecule has 1 aliphatic heterocycles. The fourth-order valence-electron chi connectivity index (χ4n) is 4.07. The van der Waals surface area contributed by atoms with Crippen LogP contribution in [-0.4, -0.2) is 72.0 Å². The van der Waals surface area contributed by atoms with Gasteiger partial charge in [-0.2, -0.15) is 0 Å². The molecule has 1 saturated heterocycles. The molecule has 3 aliphatic rings. The molecular weight excluding hydrogens is 274 g/mol. The molecule has 0 atom stereocenters. The largest absolute Gasteiger partial charge is 0.338 e. The number of nitrogens with zero attached hydrogens (tertiary/aromatic N) is 3. The van der Waals surface area contributed by atoms with Crippen molar-refractivity contribution in [2.75, 3.05) is 39.3 Å². The van der Waals surface area contributed by atoms with Crippen molar-refractivity contribution in [1.82, 2.24) is 14.7 Å². The summed E-state index contributed by atoms with van der Waals surface area (Å²) in [6.07, 6.45) is 8.04. The first-order valence-corrected chi connectivity index (χ1v) is 9.39. The number of rotatable bonds is 6. The molecule has 2 aliphatic carbocycles. The molecule has 3 rings (SSSR count). The molecule has 126 valence electrons. The van der Waals surface area contributed by atoms with Crippen molar-refractivity contribution in [3.63, 3.8) is 0 Å². The SMILES string of the molecule is CC(C)CN(C(=O)CN1CCN(C2CCCC2)CC1)C1CC1. The van der Waals surface area contributed by atoms with Gasteiger partial charge in [0.2, 0.25) is 5.91 Å². The second kappa shape index (κ2) is 7.31. The lowest BCUT2D eigenvalue weighted by Crippen LogP contribution is -2.52. The number of carbonyl (C=O) groups is 1. The zero-order valence-electron chi connectivity index (χ0n) is 14.5. The van der Waals surface area contributed by atoms with Crippen molar-refractivity contribution < 1.29 is 4.79 Å². The maximum atomic E-state index is 12.6. The number of carbonyl (C=O) groups excluding carboxylic acids is 1. The third-order valence-electron chi connectivity index (χ3n) is 5.48. The van der Waals surface area contributed by atoms with Crippen molar-refractivity contribution in [2.45, 2.75) is 64.5 Å². The van der Waals surface area contributed by atoms with Gasteiger partial charge in [0.15, 0.2) is 0 Å². The fourth-order valence-corrected chi connectivity index (χ4v) is 4.07. The van der Waals surface area contributed by atoms with E-state index in [-0.39, 0.29) is 0 Å². The molecule has 4 heteroatoms. The van der Waals surface area contributed by atoms with E-state index < -0.39 is 0 Å². The second-order valence-electron chi connectivity index (χ2n) is 7.92. The highest BCUT2D eigenvalue weighted by Gasteiger charge is 2.34. The first-order valence-electron chi connectivity index (χ1n) is 9.39. The molecular formula is C18H33N3O. The summed E-state index contributed by atoms with van der Waals surface area (Å²) in [6, 6.07) is 1.39. The van der Waals surface area contributed by atoms with E-state index in [1.54, 1.807) is 0 Å². The molecule has 2 saturated carbocycles. The van der Waals surface area contributed by atoms with Gasteiger partial charge in [0.05, 0.1) is 6.54 Å². The van der Waals surface area contributed by atoms with Gasteiger partial charge in [-0.3, -0.25) is 14.6 Å². The highest BCUT2D eigenvalue weighted by molar-refractivity contribution is 5.79. The maximum Gasteiger partial charge on any atom is 0.237 e. The van der Waals surface area contributed by atoms with Crippen molar-refractivity contribution in [3.05, 3.63) is 0 Å². The highest BCUT2D eigenvalue weighted by atomic mass is 16.2. The lowest BCUT2D eigenvalue weighted by atomic mass is 10.1. The van der Waals surface area contributed by atoms with E-state index in [4.69, 9.17) is 0 Å². The van der Waals surface area contributed by atoms with Crippen LogP contribution in [0.5, 0.6) is 0 Å². The molecule has 0 aromatic carbocycles. The lowest BCUT2D eigenvalue weighted by molar-refractivity contribution is -0.134. The molecule has 0 aromatic rings. The van der Waals surface area contributed by atoms with Crippen LogP contribution in [0.15, 0.2) is 0 Å². The molecule has 0 spiro atoms. The summed E-state index contributed by atoms with van der Waals surface area (Å²) in [4.78, 5) is 19.8. The van der Waals surface area contributed by atoms with E-state index in [9.17, 15) is 4.79 Å². The first-order chi connectivity index (χ1) is 10.6. The third-order valence-corrected chi connectivity index (χ3v) is 5.48. The minimum Gasteiger partial charge on any atom is -0.338 e. The van der Waals surface area contributed by atoms with Crippen LogP contribution < -0.4 is 0 Å². The Hall–Kier alpha value is -0.610. The van der Waals surface area contributed by atoms with Crippen LogP contribution in [0.1, 0.15) is 52.4 Å². The van der Waals surface area contributed by atoms with Crippen LogP contribution in [0.4, 0.5) is 0 Å².